The number of methoxy groups -OCH3 is 1. The SMILES string of the molecule is COc1cccc(C(O)CN(C)C(=O)CCC(=O)c2ccc(C)c(C)c2)c1. The molecule has 1 atom stereocenters. The Kier molecular flexibility index (Phi) is 7.13. The van der Waals surface area contributed by atoms with Crippen LogP contribution in [0, 0.1) is 13.8 Å². The summed E-state index contributed by atoms with van der Waals surface area (Å²) in [6, 6.07) is 12.7. The lowest BCUT2D eigenvalue weighted by molar-refractivity contribution is -0.131. The maximum atomic E-state index is 12.3. The van der Waals surface area contributed by atoms with Crippen molar-refractivity contribution in [3.05, 3.63) is 64.7 Å². The van der Waals surface area contributed by atoms with Gasteiger partial charge in [0.2, 0.25) is 5.91 Å². The van der Waals surface area contributed by atoms with Gasteiger partial charge in [-0.25, -0.2) is 0 Å². The molecule has 1 amide bonds. The molecule has 5 heteroatoms. The molecule has 0 fully saturated rings. The number of rotatable bonds is 8. The fourth-order valence-electron chi connectivity index (χ4n) is 2.79. The van der Waals surface area contributed by atoms with Gasteiger partial charge in [-0.1, -0.05) is 24.3 Å². The molecule has 0 bridgehead atoms. The molecule has 0 saturated carbocycles. The fraction of sp³-hybridized carbons (Fsp3) is 0.364. The van der Waals surface area contributed by atoms with E-state index >= 15 is 0 Å². The van der Waals surface area contributed by atoms with Gasteiger partial charge < -0.3 is 14.7 Å². The van der Waals surface area contributed by atoms with Crippen molar-refractivity contribution >= 4 is 11.7 Å². The minimum Gasteiger partial charge on any atom is -0.497 e. The molecule has 0 radical (unpaired) electrons. The van der Waals surface area contributed by atoms with Gasteiger partial charge in [0.15, 0.2) is 5.78 Å². The van der Waals surface area contributed by atoms with Crippen molar-refractivity contribution in [1.29, 1.82) is 0 Å². The summed E-state index contributed by atoms with van der Waals surface area (Å²) in [6.45, 7) is 4.12. The van der Waals surface area contributed by atoms with E-state index in [4.69, 9.17) is 4.74 Å². The average Bonchev–Trinajstić information content (AvgIpc) is 2.67. The second kappa shape index (κ2) is 9.33. The zero-order valence-corrected chi connectivity index (χ0v) is 16.4. The number of ketones is 1. The second-order valence-electron chi connectivity index (χ2n) is 6.79. The largest absolute Gasteiger partial charge is 0.497 e. The summed E-state index contributed by atoms with van der Waals surface area (Å²) in [7, 11) is 3.19. The number of hydrogen-bond acceptors (Lipinski definition) is 4. The summed E-state index contributed by atoms with van der Waals surface area (Å²) in [5, 5.41) is 10.4. The van der Waals surface area contributed by atoms with Crippen LogP contribution in [0.5, 0.6) is 5.75 Å². The van der Waals surface area contributed by atoms with Crippen molar-refractivity contribution < 1.29 is 19.4 Å². The maximum absolute atomic E-state index is 12.3. The Morgan fingerprint density at radius 2 is 1.81 bits per heavy atom. The van der Waals surface area contributed by atoms with Crippen LogP contribution in [-0.4, -0.2) is 42.4 Å². The van der Waals surface area contributed by atoms with Gasteiger partial charge in [-0.2, -0.15) is 0 Å². The quantitative estimate of drug-likeness (QED) is 0.724. The van der Waals surface area contributed by atoms with E-state index in [2.05, 4.69) is 0 Å². The van der Waals surface area contributed by atoms with E-state index in [-0.39, 0.29) is 31.1 Å². The predicted octanol–water partition coefficient (Wildman–Crippen LogP) is 3.47. The summed E-state index contributed by atoms with van der Waals surface area (Å²) < 4.78 is 5.15. The molecule has 2 aromatic rings. The van der Waals surface area contributed by atoms with Crippen LogP contribution in [-0.2, 0) is 4.79 Å². The lowest BCUT2D eigenvalue weighted by atomic mass is 10.0. The van der Waals surface area contributed by atoms with Crippen LogP contribution in [0.1, 0.15) is 46.0 Å². The molecule has 5 nitrogen and oxygen atoms in total. The van der Waals surface area contributed by atoms with Crippen molar-refractivity contribution in [3.63, 3.8) is 0 Å². The molecule has 0 saturated heterocycles. The first kappa shape index (κ1) is 20.6. The Bertz CT molecular complexity index is 816. The number of ether oxygens (including phenoxy) is 1. The lowest BCUT2D eigenvalue weighted by Gasteiger charge is -2.21. The van der Waals surface area contributed by atoms with Gasteiger partial charge in [-0.05, 0) is 48.7 Å². The van der Waals surface area contributed by atoms with E-state index in [1.807, 2.05) is 26.0 Å². The molecule has 0 spiro atoms. The van der Waals surface area contributed by atoms with Gasteiger partial charge in [0.1, 0.15) is 5.75 Å². The van der Waals surface area contributed by atoms with Gasteiger partial charge in [-0.15, -0.1) is 0 Å². The van der Waals surface area contributed by atoms with Crippen molar-refractivity contribution in [2.75, 3.05) is 20.7 Å². The summed E-state index contributed by atoms with van der Waals surface area (Å²) in [5.74, 6) is 0.432. The van der Waals surface area contributed by atoms with Crippen LogP contribution in [0.3, 0.4) is 0 Å². The Morgan fingerprint density at radius 3 is 2.48 bits per heavy atom. The number of aliphatic hydroxyl groups excluding tert-OH is 1. The van der Waals surface area contributed by atoms with E-state index in [0.717, 1.165) is 11.1 Å². The second-order valence-corrected chi connectivity index (χ2v) is 6.79. The van der Waals surface area contributed by atoms with E-state index in [0.29, 0.717) is 16.9 Å². The van der Waals surface area contributed by atoms with Gasteiger partial charge in [0, 0.05) is 25.5 Å². The molecule has 0 aliphatic heterocycles. The Hall–Kier alpha value is -2.66. The molecule has 27 heavy (non-hydrogen) atoms. The molecule has 144 valence electrons. The zero-order valence-electron chi connectivity index (χ0n) is 16.4. The molecule has 0 aromatic heterocycles. The molecule has 1 N–H and O–H groups in total. The molecule has 0 heterocycles. The number of nitrogens with zero attached hydrogens (tertiary/aromatic N) is 1. The fourth-order valence-corrected chi connectivity index (χ4v) is 2.79. The van der Waals surface area contributed by atoms with Gasteiger partial charge in [-0.3, -0.25) is 9.59 Å². The van der Waals surface area contributed by atoms with Crippen LogP contribution in [0.25, 0.3) is 0 Å². The predicted molar refractivity (Wildman–Crippen MR) is 105 cm³/mol. The summed E-state index contributed by atoms with van der Waals surface area (Å²) in [5.41, 5.74) is 3.50. The zero-order chi connectivity index (χ0) is 20.0. The molecule has 1 unspecified atom stereocenters. The first-order chi connectivity index (χ1) is 12.8. The van der Waals surface area contributed by atoms with Crippen molar-refractivity contribution in [1.82, 2.24) is 4.90 Å². The number of carbonyl (C=O) groups is 2. The molecular formula is C22H27NO4. The number of likely N-dealkylation sites (N-methyl/N-ethyl adjacent to an activating group) is 1. The van der Waals surface area contributed by atoms with Crippen LogP contribution < -0.4 is 4.74 Å². The summed E-state index contributed by atoms with van der Waals surface area (Å²) >= 11 is 0. The first-order valence-corrected chi connectivity index (χ1v) is 8.98. The number of amides is 1. The molecule has 2 aromatic carbocycles. The van der Waals surface area contributed by atoms with Crippen molar-refractivity contribution in [2.45, 2.75) is 32.8 Å². The highest BCUT2D eigenvalue weighted by atomic mass is 16.5. The third-order valence-electron chi connectivity index (χ3n) is 4.75. The lowest BCUT2D eigenvalue weighted by Crippen LogP contribution is -2.31. The van der Waals surface area contributed by atoms with Gasteiger partial charge >= 0.3 is 0 Å². The molecule has 0 aliphatic carbocycles. The summed E-state index contributed by atoms with van der Waals surface area (Å²) in [4.78, 5) is 26.1. The molecular weight excluding hydrogens is 342 g/mol. The standard InChI is InChI=1S/C22H27NO4/c1-15-8-9-18(12-16(15)2)20(24)10-11-22(26)23(3)14-21(25)17-6-5-7-19(13-17)27-4/h5-9,12-13,21,25H,10-11,14H2,1-4H3. The number of Topliss-reactive ketones (excluding diaryl/α,β-unsaturated/α-hetero) is 1. The maximum Gasteiger partial charge on any atom is 0.222 e. The van der Waals surface area contributed by atoms with E-state index < -0.39 is 6.10 Å². The van der Waals surface area contributed by atoms with Crippen LogP contribution >= 0.6 is 0 Å². The number of aliphatic hydroxyl groups is 1. The summed E-state index contributed by atoms with van der Waals surface area (Å²) in [6.07, 6.45) is -0.543. The number of benzene rings is 2. The highest BCUT2D eigenvalue weighted by Crippen LogP contribution is 2.20. The van der Waals surface area contributed by atoms with E-state index in [9.17, 15) is 14.7 Å². The van der Waals surface area contributed by atoms with Crippen LogP contribution in [0.4, 0.5) is 0 Å². The third-order valence-corrected chi connectivity index (χ3v) is 4.75. The first-order valence-electron chi connectivity index (χ1n) is 8.98. The highest BCUT2D eigenvalue weighted by molar-refractivity contribution is 5.98. The van der Waals surface area contributed by atoms with E-state index in [1.54, 1.807) is 44.5 Å². The van der Waals surface area contributed by atoms with Crippen LogP contribution in [0.2, 0.25) is 0 Å². The van der Waals surface area contributed by atoms with Crippen LogP contribution in [0.15, 0.2) is 42.5 Å². The molecule has 0 aliphatic rings. The van der Waals surface area contributed by atoms with Crippen molar-refractivity contribution in [3.8, 4) is 5.75 Å². The van der Waals surface area contributed by atoms with Gasteiger partial charge in [0.25, 0.3) is 0 Å². The van der Waals surface area contributed by atoms with Crippen molar-refractivity contribution in [2.24, 2.45) is 0 Å². The number of hydrogen-bond donors (Lipinski definition) is 1. The normalized spacial score (nSPS) is 11.7. The number of carbonyl (C=O) groups excluding carboxylic acids is 2. The van der Waals surface area contributed by atoms with Gasteiger partial charge in [0.05, 0.1) is 19.8 Å². The minimum atomic E-state index is -0.815. The monoisotopic (exact) mass is 369 g/mol. The number of aryl methyl sites for hydroxylation is 2. The Labute approximate surface area is 160 Å². The average molecular weight is 369 g/mol. The van der Waals surface area contributed by atoms with E-state index in [1.165, 1.54) is 4.90 Å². The highest BCUT2D eigenvalue weighted by Gasteiger charge is 2.17. The Morgan fingerprint density at radius 1 is 1.07 bits per heavy atom. The smallest absolute Gasteiger partial charge is 0.222 e. The third kappa shape index (κ3) is 5.66. The Balaban J connectivity index is 1.89. The molecule has 2 rings (SSSR count). The topological polar surface area (TPSA) is 66.8 Å². The minimum absolute atomic E-state index is 0.0480.